The van der Waals surface area contributed by atoms with Crippen molar-refractivity contribution in [2.75, 3.05) is 0 Å². The Hall–Kier alpha value is -2.05. The van der Waals surface area contributed by atoms with Crippen molar-refractivity contribution >= 4 is 12.4 Å². The smallest absolute Gasteiger partial charge is 0.351 e. The Labute approximate surface area is 95.3 Å². The monoisotopic (exact) mass is 245 g/mol. The van der Waals surface area contributed by atoms with Gasteiger partial charge in [-0.3, -0.25) is 10.3 Å². The van der Waals surface area contributed by atoms with Crippen molar-refractivity contribution in [3.8, 4) is 0 Å². The lowest BCUT2D eigenvalue weighted by molar-refractivity contribution is -0.137. The van der Waals surface area contributed by atoms with Crippen LogP contribution in [0, 0.1) is 5.41 Å². The first-order valence-corrected chi connectivity index (χ1v) is 4.57. The maximum atomic E-state index is 12.4. The summed E-state index contributed by atoms with van der Waals surface area (Å²) in [5, 5.41) is 6.89. The van der Waals surface area contributed by atoms with E-state index in [4.69, 9.17) is 11.1 Å². The van der Waals surface area contributed by atoms with Gasteiger partial charge in [0.25, 0.3) is 0 Å². The molecule has 0 saturated heterocycles. The molecule has 0 aliphatic heterocycles. The van der Waals surface area contributed by atoms with Crippen molar-refractivity contribution in [3.63, 3.8) is 0 Å². The second kappa shape index (κ2) is 4.86. The number of carbonyl (C=O) groups excluding carboxylic acids is 1. The molecule has 17 heavy (non-hydrogen) atoms. The summed E-state index contributed by atoms with van der Waals surface area (Å²) in [6, 6.07) is 3.62. The van der Waals surface area contributed by atoms with E-state index in [1.54, 1.807) is 0 Å². The lowest BCUT2D eigenvalue weighted by Crippen LogP contribution is -2.33. The van der Waals surface area contributed by atoms with Crippen LogP contribution in [0.15, 0.2) is 24.3 Å². The molecular formula is C10H10F3N3O. The van der Waals surface area contributed by atoms with Gasteiger partial charge in [-0.25, -0.2) is 4.79 Å². The van der Waals surface area contributed by atoms with Crippen LogP contribution < -0.4 is 5.73 Å². The van der Waals surface area contributed by atoms with Crippen molar-refractivity contribution in [2.45, 2.75) is 12.7 Å². The van der Waals surface area contributed by atoms with E-state index in [0.29, 0.717) is 6.34 Å². The Balaban J connectivity index is 2.93. The molecule has 7 heteroatoms. The maximum Gasteiger partial charge on any atom is 0.416 e. The highest BCUT2D eigenvalue weighted by Gasteiger charge is 2.30. The molecule has 0 bridgehead atoms. The molecule has 0 radical (unpaired) electrons. The maximum absolute atomic E-state index is 12.4. The Morgan fingerprint density at radius 3 is 2.59 bits per heavy atom. The SMILES string of the molecule is N=CN(Cc1cccc(C(F)(F)F)c1)C(N)=O. The van der Waals surface area contributed by atoms with Crippen molar-refractivity contribution in [3.05, 3.63) is 35.4 Å². The number of primary amides is 1. The highest BCUT2D eigenvalue weighted by Crippen LogP contribution is 2.29. The third-order valence-corrected chi connectivity index (χ3v) is 2.05. The summed E-state index contributed by atoms with van der Waals surface area (Å²) in [7, 11) is 0. The predicted molar refractivity (Wildman–Crippen MR) is 55.4 cm³/mol. The number of halogens is 3. The molecule has 1 aromatic carbocycles. The lowest BCUT2D eigenvalue weighted by Gasteiger charge is -2.15. The molecule has 0 saturated carbocycles. The van der Waals surface area contributed by atoms with Gasteiger partial charge in [-0.1, -0.05) is 12.1 Å². The van der Waals surface area contributed by atoms with E-state index < -0.39 is 17.8 Å². The topological polar surface area (TPSA) is 70.2 Å². The molecule has 0 unspecified atom stereocenters. The van der Waals surface area contributed by atoms with Gasteiger partial charge in [0.2, 0.25) is 0 Å². The molecule has 1 aromatic rings. The second-order valence-corrected chi connectivity index (χ2v) is 3.29. The molecule has 1 rings (SSSR count). The van der Waals surface area contributed by atoms with Gasteiger partial charge in [0, 0.05) is 0 Å². The summed E-state index contributed by atoms with van der Waals surface area (Å²) in [6.45, 7) is -0.164. The minimum atomic E-state index is -4.43. The van der Waals surface area contributed by atoms with E-state index >= 15 is 0 Å². The standard InChI is InChI=1S/C10H10F3N3O/c11-10(12,13)8-3-1-2-7(4-8)5-16(6-14)9(15)17/h1-4,6,14H,5H2,(H2,15,17). The average molecular weight is 245 g/mol. The highest BCUT2D eigenvalue weighted by atomic mass is 19.4. The minimum Gasteiger partial charge on any atom is -0.351 e. The van der Waals surface area contributed by atoms with Gasteiger partial charge < -0.3 is 5.73 Å². The van der Waals surface area contributed by atoms with Crippen molar-refractivity contribution in [1.82, 2.24) is 4.90 Å². The third-order valence-electron chi connectivity index (χ3n) is 2.05. The van der Waals surface area contributed by atoms with Crippen LogP contribution >= 0.6 is 0 Å². The van der Waals surface area contributed by atoms with E-state index in [2.05, 4.69) is 0 Å². The number of hydrogen-bond donors (Lipinski definition) is 2. The zero-order chi connectivity index (χ0) is 13.1. The van der Waals surface area contributed by atoms with Crippen LogP contribution in [0.1, 0.15) is 11.1 Å². The van der Waals surface area contributed by atoms with Crippen molar-refractivity contribution < 1.29 is 18.0 Å². The summed E-state index contributed by atoms with van der Waals surface area (Å²) in [5.74, 6) is 0. The summed E-state index contributed by atoms with van der Waals surface area (Å²) in [5.41, 5.74) is 4.38. The number of nitrogens with two attached hydrogens (primary N) is 1. The molecule has 0 fully saturated rings. The number of urea groups is 1. The molecule has 0 heterocycles. The third kappa shape index (κ3) is 3.47. The molecule has 3 N–H and O–H groups in total. The fraction of sp³-hybridized carbons (Fsp3) is 0.200. The summed E-state index contributed by atoms with van der Waals surface area (Å²) < 4.78 is 37.2. The van der Waals surface area contributed by atoms with Crippen LogP contribution in [0.4, 0.5) is 18.0 Å². The van der Waals surface area contributed by atoms with Gasteiger partial charge in [0.1, 0.15) is 0 Å². The molecule has 0 atom stereocenters. The largest absolute Gasteiger partial charge is 0.416 e. The molecule has 0 aliphatic carbocycles. The second-order valence-electron chi connectivity index (χ2n) is 3.29. The zero-order valence-corrected chi connectivity index (χ0v) is 8.66. The Bertz CT molecular complexity index is 431. The highest BCUT2D eigenvalue weighted by molar-refractivity contribution is 5.83. The molecule has 0 aliphatic rings. The van der Waals surface area contributed by atoms with Crippen LogP contribution in [-0.2, 0) is 12.7 Å². The van der Waals surface area contributed by atoms with E-state index in [0.717, 1.165) is 17.0 Å². The minimum absolute atomic E-state index is 0.164. The van der Waals surface area contributed by atoms with Crippen LogP contribution in [0.25, 0.3) is 0 Å². The first-order chi connectivity index (χ1) is 7.84. The summed E-state index contributed by atoms with van der Waals surface area (Å²) in [6.07, 6.45) is -3.76. The first-order valence-electron chi connectivity index (χ1n) is 4.57. The van der Waals surface area contributed by atoms with Crippen LogP contribution in [0.2, 0.25) is 0 Å². The fourth-order valence-corrected chi connectivity index (χ4v) is 1.23. The number of nitrogens with one attached hydrogen (secondary N) is 1. The Kier molecular flexibility index (Phi) is 3.72. The normalized spacial score (nSPS) is 11.0. The zero-order valence-electron chi connectivity index (χ0n) is 8.66. The lowest BCUT2D eigenvalue weighted by atomic mass is 10.1. The molecule has 0 aromatic heterocycles. The van der Waals surface area contributed by atoms with Gasteiger partial charge in [-0.2, -0.15) is 13.2 Å². The van der Waals surface area contributed by atoms with Crippen LogP contribution in [0.5, 0.6) is 0 Å². The number of rotatable bonds is 3. The summed E-state index contributed by atoms with van der Waals surface area (Å²) >= 11 is 0. The van der Waals surface area contributed by atoms with Crippen molar-refractivity contribution in [2.24, 2.45) is 5.73 Å². The van der Waals surface area contributed by atoms with E-state index in [-0.39, 0.29) is 12.1 Å². The van der Waals surface area contributed by atoms with Crippen LogP contribution in [-0.4, -0.2) is 17.3 Å². The number of carbonyl (C=O) groups is 1. The summed E-state index contributed by atoms with van der Waals surface area (Å²) in [4.78, 5) is 11.6. The van der Waals surface area contributed by atoms with Crippen LogP contribution in [0.3, 0.4) is 0 Å². The number of alkyl halides is 3. The molecule has 0 spiro atoms. The Morgan fingerprint density at radius 1 is 1.47 bits per heavy atom. The molecule has 2 amide bonds. The number of amides is 2. The quantitative estimate of drug-likeness (QED) is 0.622. The van der Waals surface area contributed by atoms with E-state index in [9.17, 15) is 18.0 Å². The van der Waals surface area contributed by atoms with Gasteiger partial charge in [0.15, 0.2) is 0 Å². The Morgan fingerprint density at radius 2 is 2.12 bits per heavy atom. The van der Waals surface area contributed by atoms with Gasteiger partial charge in [-0.05, 0) is 17.7 Å². The first kappa shape index (κ1) is 13.0. The molecular weight excluding hydrogens is 235 g/mol. The van der Waals surface area contributed by atoms with Gasteiger partial charge >= 0.3 is 12.2 Å². The van der Waals surface area contributed by atoms with Gasteiger partial charge in [0.05, 0.1) is 18.4 Å². The van der Waals surface area contributed by atoms with E-state index in [1.807, 2.05) is 0 Å². The molecule has 4 nitrogen and oxygen atoms in total. The number of hydrogen-bond acceptors (Lipinski definition) is 2. The van der Waals surface area contributed by atoms with Gasteiger partial charge in [-0.15, -0.1) is 0 Å². The van der Waals surface area contributed by atoms with E-state index in [1.165, 1.54) is 12.1 Å². The number of benzene rings is 1. The number of nitrogens with zero attached hydrogens (tertiary/aromatic N) is 1. The molecule has 92 valence electrons. The average Bonchev–Trinajstić information content (AvgIpc) is 2.24. The predicted octanol–water partition coefficient (Wildman–Crippen LogP) is 2.19. The fourth-order valence-electron chi connectivity index (χ4n) is 1.23. The van der Waals surface area contributed by atoms with Crippen molar-refractivity contribution in [1.29, 1.82) is 5.41 Å².